The topological polar surface area (TPSA) is 47.0 Å². The second-order valence-corrected chi connectivity index (χ2v) is 8.72. The molecule has 0 spiro atoms. The van der Waals surface area contributed by atoms with Gasteiger partial charge in [-0.1, -0.05) is 19.8 Å². The molecule has 29 heavy (non-hydrogen) atoms. The highest BCUT2D eigenvalue weighted by atomic mass is 127. The van der Waals surface area contributed by atoms with Crippen LogP contribution in [0.4, 0.5) is 5.82 Å². The normalized spacial score (nSPS) is 23.4. The number of likely N-dealkylation sites (N-methyl/N-ethyl adjacent to an activating group) is 1. The molecular formula is C22H39IN6. The van der Waals surface area contributed by atoms with Gasteiger partial charge in [0.15, 0.2) is 5.96 Å². The standard InChI is InChI=1S/C22H38N6.HI/c1-18-5-7-19(8-6-18)17-27(4)22(23-2)25-16-20-9-10-24-21(15-20)28-13-11-26(3)12-14-28;/h9-10,15,18-19H,5-8,11-14,16-17H2,1-4H3,(H,23,25);1H. The molecule has 0 amide bonds. The minimum Gasteiger partial charge on any atom is -0.354 e. The van der Waals surface area contributed by atoms with Crippen LogP contribution in [0.25, 0.3) is 0 Å². The van der Waals surface area contributed by atoms with Crippen molar-refractivity contribution in [1.82, 2.24) is 20.1 Å². The van der Waals surface area contributed by atoms with Gasteiger partial charge in [0.1, 0.15) is 5.82 Å². The molecule has 7 heteroatoms. The summed E-state index contributed by atoms with van der Waals surface area (Å²) in [6.07, 6.45) is 7.37. The molecule has 1 saturated carbocycles. The molecule has 1 aromatic rings. The Morgan fingerprint density at radius 3 is 2.55 bits per heavy atom. The molecule has 0 aromatic carbocycles. The lowest BCUT2D eigenvalue weighted by Crippen LogP contribution is -2.44. The van der Waals surface area contributed by atoms with Crippen LogP contribution in [0.2, 0.25) is 0 Å². The van der Waals surface area contributed by atoms with Crippen LogP contribution in [-0.2, 0) is 6.54 Å². The van der Waals surface area contributed by atoms with Crippen molar-refractivity contribution in [2.24, 2.45) is 16.8 Å². The zero-order chi connectivity index (χ0) is 19.9. The maximum Gasteiger partial charge on any atom is 0.193 e. The second-order valence-electron chi connectivity index (χ2n) is 8.72. The lowest BCUT2D eigenvalue weighted by atomic mass is 9.83. The molecule has 3 rings (SSSR count). The Kier molecular flexibility index (Phi) is 9.95. The molecule has 0 radical (unpaired) electrons. The van der Waals surface area contributed by atoms with Gasteiger partial charge in [-0.3, -0.25) is 4.99 Å². The first-order valence-corrected chi connectivity index (χ1v) is 10.9. The molecule has 2 fully saturated rings. The Hall–Kier alpha value is -1.09. The van der Waals surface area contributed by atoms with Crippen LogP contribution in [0.15, 0.2) is 23.3 Å². The van der Waals surface area contributed by atoms with E-state index in [1.807, 2.05) is 13.2 Å². The van der Waals surface area contributed by atoms with Gasteiger partial charge in [-0.15, -0.1) is 24.0 Å². The zero-order valence-corrected chi connectivity index (χ0v) is 20.9. The third-order valence-corrected chi connectivity index (χ3v) is 6.33. The van der Waals surface area contributed by atoms with Crippen molar-refractivity contribution >= 4 is 35.8 Å². The number of halogens is 1. The number of hydrogen-bond acceptors (Lipinski definition) is 4. The summed E-state index contributed by atoms with van der Waals surface area (Å²) < 4.78 is 0. The number of anilines is 1. The van der Waals surface area contributed by atoms with E-state index in [-0.39, 0.29) is 24.0 Å². The fraction of sp³-hybridized carbons (Fsp3) is 0.727. The fourth-order valence-electron chi connectivity index (χ4n) is 4.33. The highest BCUT2D eigenvalue weighted by molar-refractivity contribution is 14.0. The summed E-state index contributed by atoms with van der Waals surface area (Å²) in [7, 11) is 6.22. The van der Waals surface area contributed by atoms with Crippen molar-refractivity contribution < 1.29 is 0 Å². The van der Waals surface area contributed by atoms with Crippen LogP contribution in [0.1, 0.15) is 38.2 Å². The summed E-state index contributed by atoms with van der Waals surface area (Å²) in [6, 6.07) is 4.32. The minimum absolute atomic E-state index is 0. The van der Waals surface area contributed by atoms with Crippen molar-refractivity contribution in [3.63, 3.8) is 0 Å². The Labute approximate surface area is 194 Å². The number of nitrogens with one attached hydrogen (secondary N) is 1. The molecule has 0 bridgehead atoms. The van der Waals surface area contributed by atoms with E-state index < -0.39 is 0 Å². The van der Waals surface area contributed by atoms with E-state index in [4.69, 9.17) is 0 Å². The largest absolute Gasteiger partial charge is 0.354 e. The van der Waals surface area contributed by atoms with Crippen molar-refractivity contribution in [3.8, 4) is 0 Å². The molecule has 1 N–H and O–H groups in total. The summed E-state index contributed by atoms with van der Waals surface area (Å²) in [5.74, 6) is 3.77. The van der Waals surface area contributed by atoms with Crippen molar-refractivity contribution in [2.45, 2.75) is 39.2 Å². The summed E-state index contributed by atoms with van der Waals surface area (Å²) in [5, 5.41) is 3.54. The summed E-state index contributed by atoms with van der Waals surface area (Å²) >= 11 is 0. The summed E-state index contributed by atoms with van der Waals surface area (Å²) in [5.41, 5.74) is 1.25. The van der Waals surface area contributed by atoms with Gasteiger partial charge in [0, 0.05) is 59.6 Å². The van der Waals surface area contributed by atoms with Gasteiger partial charge in [0.2, 0.25) is 0 Å². The van der Waals surface area contributed by atoms with Crippen molar-refractivity contribution in [1.29, 1.82) is 0 Å². The van der Waals surface area contributed by atoms with Gasteiger partial charge in [-0.2, -0.15) is 0 Å². The first-order valence-electron chi connectivity index (χ1n) is 10.9. The monoisotopic (exact) mass is 514 g/mol. The Morgan fingerprint density at radius 2 is 1.90 bits per heavy atom. The number of aromatic nitrogens is 1. The van der Waals surface area contributed by atoms with Gasteiger partial charge in [-0.05, 0) is 49.4 Å². The fourth-order valence-corrected chi connectivity index (χ4v) is 4.33. The van der Waals surface area contributed by atoms with E-state index in [2.05, 4.69) is 63.1 Å². The Bertz CT molecular complexity index is 636. The molecule has 164 valence electrons. The molecule has 2 aliphatic rings. The molecule has 0 atom stereocenters. The molecular weight excluding hydrogens is 475 g/mol. The maximum atomic E-state index is 4.59. The van der Waals surface area contributed by atoms with Gasteiger partial charge < -0.3 is 20.0 Å². The summed E-state index contributed by atoms with van der Waals surface area (Å²) in [4.78, 5) is 16.1. The van der Waals surface area contributed by atoms with Crippen molar-refractivity contribution in [3.05, 3.63) is 23.9 Å². The van der Waals surface area contributed by atoms with Crippen LogP contribution in [0, 0.1) is 11.8 Å². The smallest absolute Gasteiger partial charge is 0.193 e. The first-order chi connectivity index (χ1) is 13.5. The molecule has 1 aliphatic heterocycles. The highest BCUT2D eigenvalue weighted by Gasteiger charge is 2.21. The maximum absolute atomic E-state index is 4.59. The van der Waals surface area contributed by atoms with E-state index >= 15 is 0 Å². The van der Waals surface area contributed by atoms with Crippen LogP contribution >= 0.6 is 24.0 Å². The Balaban J connectivity index is 0.00000300. The third-order valence-electron chi connectivity index (χ3n) is 6.33. The zero-order valence-electron chi connectivity index (χ0n) is 18.6. The van der Waals surface area contributed by atoms with E-state index in [1.54, 1.807) is 0 Å². The van der Waals surface area contributed by atoms with Crippen molar-refractivity contribution in [2.75, 3.05) is 58.8 Å². The predicted molar refractivity (Wildman–Crippen MR) is 133 cm³/mol. The van der Waals surface area contributed by atoms with Gasteiger partial charge >= 0.3 is 0 Å². The van der Waals surface area contributed by atoms with Gasteiger partial charge in [-0.25, -0.2) is 4.98 Å². The average molecular weight is 515 g/mol. The quantitative estimate of drug-likeness (QED) is 0.372. The van der Waals surface area contributed by atoms with E-state index in [0.717, 1.165) is 62.9 Å². The van der Waals surface area contributed by atoms with E-state index in [0.29, 0.717) is 0 Å². The number of pyridine rings is 1. The second kappa shape index (κ2) is 11.9. The van der Waals surface area contributed by atoms with E-state index in [1.165, 1.54) is 31.2 Å². The predicted octanol–water partition coefficient (Wildman–Crippen LogP) is 3.28. The van der Waals surface area contributed by atoms with Crippen LogP contribution in [0.5, 0.6) is 0 Å². The number of aliphatic imine (C=N–C) groups is 1. The third kappa shape index (κ3) is 7.27. The molecule has 1 aromatic heterocycles. The number of hydrogen-bond donors (Lipinski definition) is 1. The summed E-state index contributed by atoms with van der Waals surface area (Å²) in [6.45, 7) is 8.54. The lowest BCUT2D eigenvalue weighted by Gasteiger charge is -2.33. The van der Waals surface area contributed by atoms with Gasteiger partial charge in [0.05, 0.1) is 0 Å². The number of rotatable bonds is 5. The minimum atomic E-state index is 0. The first kappa shape index (κ1) is 24.2. The number of nitrogens with zero attached hydrogens (tertiary/aromatic N) is 5. The number of piperazine rings is 1. The lowest BCUT2D eigenvalue weighted by molar-refractivity contribution is 0.250. The SMILES string of the molecule is CN=C(NCc1ccnc(N2CCN(C)CC2)c1)N(C)CC1CCC(C)CC1.I. The van der Waals surface area contributed by atoms with Crippen LogP contribution < -0.4 is 10.2 Å². The molecule has 2 heterocycles. The molecule has 1 aliphatic carbocycles. The van der Waals surface area contributed by atoms with E-state index in [9.17, 15) is 0 Å². The van der Waals surface area contributed by atoms with Gasteiger partial charge in [0.25, 0.3) is 0 Å². The average Bonchev–Trinajstić information content (AvgIpc) is 2.71. The van der Waals surface area contributed by atoms with Crippen LogP contribution in [0.3, 0.4) is 0 Å². The molecule has 6 nitrogen and oxygen atoms in total. The Morgan fingerprint density at radius 1 is 1.21 bits per heavy atom. The molecule has 0 unspecified atom stereocenters. The number of guanidine groups is 1. The molecule has 1 saturated heterocycles. The highest BCUT2D eigenvalue weighted by Crippen LogP contribution is 2.28. The van der Waals surface area contributed by atoms with Crippen LogP contribution in [-0.4, -0.2) is 74.6 Å².